The van der Waals surface area contributed by atoms with Crippen LogP contribution in [0.25, 0.3) is 0 Å². The van der Waals surface area contributed by atoms with Crippen LogP contribution in [0.2, 0.25) is 0 Å². The number of carbonyl (C=O) groups is 1. The summed E-state index contributed by atoms with van der Waals surface area (Å²) in [4.78, 5) is 16.1. The number of nitrogens with zero attached hydrogens (tertiary/aromatic N) is 1. The van der Waals surface area contributed by atoms with Crippen LogP contribution in [0.3, 0.4) is 0 Å². The van der Waals surface area contributed by atoms with E-state index in [0.717, 1.165) is 24.1 Å². The molecule has 4 nitrogen and oxygen atoms in total. The lowest BCUT2D eigenvalue weighted by Gasteiger charge is -2.06. The Morgan fingerprint density at radius 1 is 1.56 bits per heavy atom. The number of ether oxygens (including phenoxy) is 1. The Bertz CT molecular complexity index is 465. The maximum atomic E-state index is 11.9. The highest BCUT2D eigenvalue weighted by Gasteiger charge is 2.23. The molecule has 96 valence electrons. The molecule has 1 aliphatic rings. The molecule has 0 atom stereocenters. The molecule has 4 heteroatoms. The van der Waals surface area contributed by atoms with E-state index in [1.165, 1.54) is 6.40 Å². The van der Waals surface area contributed by atoms with Crippen LogP contribution in [0.4, 0.5) is 5.69 Å². The van der Waals surface area contributed by atoms with E-state index >= 15 is 0 Å². The summed E-state index contributed by atoms with van der Waals surface area (Å²) in [6.45, 7) is 4.45. The van der Waals surface area contributed by atoms with Gasteiger partial charge in [-0.1, -0.05) is 6.07 Å². The smallest absolute Gasteiger partial charge is 0.251 e. The zero-order valence-corrected chi connectivity index (χ0v) is 10.8. The first-order valence-corrected chi connectivity index (χ1v) is 6.26. The molecule has 1 aliphatic carbocycles. The SMILES string of the molecule is CCOC=Nc1cc(C(=O)NC2CC2)ccc1C. The minimum absolute atomic E-state index is 0.0228. The summed E-state index contributed by atoms with van der Waals surface area (Å²) in [6, 6.07) is 5.89. The number of carbonyl (C=O) groups excluding carboxylic acids is 1. The van der Waals surface area contributed by atoms with Gasteiger partial charge in [-0.3, -0.25) is 4.79 Å². The summed E-state index contributed by atoms with van der Waals surface area (Å²) < 4.78 is 5.08. The van der Waals surface area contributed by atoms with Crippen molar-refractivity contribution >= 4 is 18.0 Å². The third-order valence-electron chi connectivity index (χ3n) is 2.82. The topological polar surface area (TPSA) is 50.7 Å². The molecule has 2 rings (SSSR count). The minimum Gasteiger partial charge on any atom is -0.483 e. The van der Waals surface area contributed by atoms with Crippen LogP contribution in [0.15, 0.2) is 23.2 Å². The van der Waals surface area contributed by atoms with Crippen molar-refractivity contribution in [1.82, 2.24) is 5.32 Å². The molecule has 1 saturated carbocycles. The van der Waals surface area contributed by atoms with Gasteiger partial charge in [-0.25, -0.2) is 4.99 Å². The van der Waals surface area contributed by atoms with Gasteiger partial charge in [0.15, 0.2) is 6.40 Å². The van der Waals surface area contributed by atoms with Gasteiger partial charge in [0.05, 0.1) is 12.3 Å². The second-order valence-electron chi connectivity index (χ2n) is 4.44. The molecular weight excluding hydrogens is 228 g/mol. The fourth-order valence-corrected chi connectivity index (χ4v) is 1.55. The first-order valence-electron chi connectivity index (χ1n) is 6.26. The molecule has 1 N–H and O–H groups in total. The van der Waals surface area contributed by atoms with Crippen molar-refractivity contribution in [2.24, 2.45) is 4.99 Å². The number of nitrogens with one attached hydrogen (secondary N) is 1. The number of hydrogen-bond acceptors (Lipinski definition) is 3. The average molecular weight is 246 g/mol. The Labute approximate surface area is 107 Å². The van der Waals surface area contributed by atoms with Gasteiger partial charge in [0.2, 0.25) is 0 Å². The zero-order valence-electron chi connectivity index (χ0n) is 10.8. The Morgan fingerprint density at radius 2 is 2.33 bits per heavy atom. The van der Waals surface area contributed by atoms with Crippen LogP contribution in [-0.2, 0) is 4.74 Å². The molecule has 1 fully saturated rings. The summed E-state index contributed by atoms with van der Waals surface area (Å²) in [6.07, 6.45) is 3.60. The maximum Gasteiger partial charge on any atom is 0.251 e. The second kappa shape index (κ2) is 5.67. The number of aryl methyl sites for hydroxylation is 1. The van der Waals surface area contributed by atoms with Gasteiger partial charge in [0.1, 0.15) is 0 Å². The van der Waals surface area contributed by atoms with E-state index in [-0.39, 0.29) is 5.91 Å². The summed E-state index contributed by atoms with van der Waals surface area (Å²) in [5.74, 6) is -0.0228. The van der Waals surface area contributed by atoms with Gasteiger partial charge in [-0.15, -0.1) is 0 Å². The van der Waals surface area contributed by atoms with Crippen molar-refractivity contribution in [2.75, 3.05) is 6.61 Å². The lowest BCUT2D eigenvalue weighted by Crippen LogP contribution is -2.25. The van der Waals surface area contributed by atoms with Crippen molar-refractivity contribution < 1.29 is 9.53 Å². The molecule has 18 heavy (non-hydrogen) atoms. The highest BCUT2D eigenvalue weighted by atomic mass is 16.5. The lowest BCUT2D eigenvalue weighted by atomic mass is 10.1. The Kier molecular flexibility index (Phi) is 3.97. The van der Waals surface area contributed by atoms with E-state index in [9.17, 15) is 4.79 Å². The molecule has 0 saturated heterocycles. The van der Waals surface area contributed by atoms with Gasteiger partial charge in [-0.2, -0.15) is 0 Å². The van der Waals surface area contributed by atoms with Gasteiger partial charge in [0, 0.05) is 11.6 Å². The van der Waals surface area contributed by atoms with Crippen LogP contribution < -0.4 is 5.32 Å². The van der Waals surface area contributed by atoms with Gasteiger partial charge < -0.3 is 10.1 Å². The number of hydrogen-bond donors (Lipinski definition) is 1. The molecule has 0 aliphatic heterocycles. The van der Waals surface area contributed by atoms with Gasteiger partial charge >= 0.3 is 0 Å². The Balaban J connectivity index is 2.11. The molecular formula is C14H18N2O2. The first kappa shape index (κ1) is 12.6. The molecule has 1 amide bonds. The van der Waals surface area contributed by atoms with E-state index in [2.05, 4.69) is 10.3 Å². The lowest BCUT2D eigenvalue weighted by molar-refractivity contribution is 0.0951. The minimum atomic E-state index is -0.0228. The summed E-state index contributed by atoms with van der Waals surface area (Å²) in [5.41, 5.74) is 2.44. The summed E-state index contributed by atoms with van der Waals surface area (Å²) in [5, 5.41) is 2.96. The molecule has 0 radical (unpaired) electrons. The van der Waals surface area contributed by atoms with Crippen molar-refractivity contribution in [3.05, 3.63) is 29.3 Å². The highest BCUT2D eigenvalue weighted by Crippen LogP contribution is 2.22. The van der Waals surface area contributed by atoms with E-state index < -0.39 is 0 Å². The molecule has 0 aromatic heterocycles. The quantitative estimate of drug-likeness (QED) is 0.641. The predicted octanol–water partition coefficient (Wildman–Crippen LogP) is 2.58. The number of rotatable bonds is 5. The fraction of sp³-hybridized carbons (Fsp3) is 0.429. The van der Waals surface area contributed by atoms with Crippen molar-refractivity contribution in [1.29, 1.82) is 0 Å². The standard InChI is InChI=1S/C14H18N2O2/c1-3-18-9-15-13-8-11(5-4-10(13)2)14(17)16-12-6-7-12/h4-5,8-9,12H,3,6-7H2,1-2H3,(H,16,17). The molecule has 0 unspecified atom stereocenters. The largest absolute Gasteiger partial charge is 0.483 e. The molecule has 0 bridgehead atoms. The number of aliphatic imine (C=N–C) groups is 1. The monoisotopic (exact) mass is 246 g/mol. The average Bonchev–Trinajstić information content (AvgIpc) is 3.15. The molecule has 0 heterocycles. The summed E-state index contributed by atoms with van der Waals surface area (Å²) >= 11 is 0. The van der Waals surface area contributed by atoms with Crippen LogP contribution in [0.1, 0.15) is 35.7 Å². The number of benzene rings is 1. The molecule has 1 aromatic carbocycles. The number of amides is 1. The van der Waals surface area contributed by atoms with Gasteiger partial charge in [-0.05, 0) is 44.4 Å². The van der Waals surface area contributed by atoms with Crippen LogP contribution >= 0.6 is 0 Å². The zero-order chi connectivity index (χ0) is 13.0. The van der Waals surface area contributed by atoms with E-state index in [4.69, 9.17) is 4.74 Å². The molecule has 0 spiro atoms. The second-order valence-corrected chi connectivity index (χ2v) is 4.44. The van der Waals surface area contributed by atoms with E-state index in [0.29, 0.717) is 18.2 Å². The first-order chi connectivity index (χ1) is 8.70. The van der Waals surface area contributed by atoms with E-state index in [1.54, 1.807) is 6.07 Å². The fourth-order valence-electron chi connectivity index (χ4n) is 1.55. The van der Waals surface area contributed by atoms with Crippen molar-refractivity contribution in [3.63, 3.8) is 0 Å². The molecule has 1 aromatic rings. The van der Waals surface area contributed by atoms with E-state index in [1.807, 2.05) is 26.0 Å². The van der Waals surface area contributed by atoms with Crippen molar-refractivity contribution in [3.8, 4) is 0 Å². The van der Waals surface area contributed by atoms with Crippen molar-refractivity contribution in [2.45, 2.75) is 32.7 Å². The van der Waals surface area contributed by atoms with Crippen LogP contribution in [0.5, 0.6) is 0 Å². The van der Waals surface area contributed by atoms with Gasteiger partial charge in [0.25, 0.3) is 5.91 Å². The highest BCUT2D eigenvalue weighted by molar-refractivity contribution is 5.95. The Hall–Kier alpha value is -1.84. The normalized spacial score (nSPS) is 14.8. The third kappa shape index (κ3) is 3.32. The predicted molar refractivity (Wildman–Crippen MR) is 71.4 cm³/mol. The maximum absolute atomic E-state index is 11.9. The van der Waals surface area contributed by atoms with Crippen LogP contribution in [0, 0.1) is 6.92 Å². The third-order valence-corrected chi connectivity index (χ3v) is 2.82. The summed E-state index contributed by atoms with van der Waals surface area (Å²) in [7, 11) is 0. The van der Waals surface area contributed by atoms with Crippen LogP contribution in [-0.4, -0.2) is 25.0 Å². The Morgan fingerprint density at radius 3 is 3.00 bits per heavy atom.